The van der Waals surface area contributed by atoms with E-state index >= 15 is 0 Å². The number of phenolic OH excluding ortho intramolecular Hbond substituents is 1. The average molecular weight is 393 g/mol. The summed E-state index contributed by atoms with van der Waals surface area (Å²) in [6.07, 6.45) is 0.446. The highest BCUT2D eigenvalue weighted by atomic mass is 35.5. The highest BCUT2D eigenvalue weighted by Crippen LogP contribution is 2.34. The molecule has 0 radical (unpaired) electrons. The van der Waals surface area contributed by atoms with Gasteiger partial charge in [0.25, 0.3) is 0 Å². The minimum absolute atomic E-state index is 0.0588. The molecule has 3 aromatic carbocycles. The van der Waals surface area contributed by atoms with Crippen LogP contribution in [0.5, 0.6) is 11.5 Å². The number of benzene rings is 3. The lowest BCUT2D eigenvalue weighted by Crippen LogP contribution is -2.33. The quantitative estimate of drug-likeness (QED) is 0.635. The molecule has 0 bridgehead atoms. The molecule has 4 nitrogen and oxygen atoms in total. The molecule has 0 saturated carbocycles. The number of nitrogens with one attached hydrogen (secondary N) is 1. The molecule has 2 unspecified atom stereocenters. The minimum Gasteiger partial charge on any atom is -0.508 e. The van der Waals surface area contributed by atoms with E-state index in [0.717, 1.165) is 28.2 Å². The number of halogens is 1. The molecule has 142 valence electrons. The Kier molecular flexibility index (Phi) is 5.33. The van der Waals surface area contributed by atoms with Crippen molar-refractivity contribution in [1.29, 1.82) is 0 Å². The van der Waals surface area contributed by atoms with Gasteiger partial charge in [-0.05, 0) is 41.5 Å². The van der Waals surface area contributed by atoms with Gasteiger partial charge in [-0.2, -0.15) is 0 Å². The Morgan fingerprint density at radius 2 is 1.71 bits per heavy atom. The van der Waals surface area contributed by atoms with Crippen molar-refractivity contribution >= 4 is 17.3 Å². The Bertz CT molecular complexity index is 984. The summed E-state index contributed by atoms with van der Waals surface area (Å²) in [6, 6.07) is 23.0. The maximum absolute atomic E-state index is 10.4. The molecular weight excluding hydrogens is 372 g/mol. The van der Waals surface area contributed by atoms with Crippen LogP contribution in [-0.2, 0) is 0 Å². The fourth-order valence-corrected chi connectivity index (χ4v) is 3.59. The van der Waals surface area contributed by atoms with Crippen LogP contribution in [0.15, 0.2) is 77.8 Å². The van der Waals surface area contributed by atoms with Crippen LogP contribution in [0.4, 0.5) is 0 Å². The van der Waals surface area contributed by atoms with Crippen LogP contribution in [0.2, 0.25) is 5.02 Å². The second-order valence-corrected chi connectivity index (χ2v) is 7.18. The average Bonchev–Trinajstić information content (AvgIpc) is 2.74. The zero-order valence-corrected chi connectivity index (χ0v) is 16.2. The molecule has 0 spiro atoms. The van der Waals surface area contributed by atoms with Crippen LogP contribution in [0.1, 0.15) is 35.3 Å². The summed E-state index contributed by atoms with van der Waals surface area (Å²) in [5.74, 6) is 1.09. The van der Waals surface area contributed by atoms with Crippen LogP contribution in [0, 0.1) is 0 Å². The lowest BCUT2D eigenvalue weighted by molar-refractivity contribution is 0.408. The van der Waals surface area contributed by atoms with Gasteiger partial charge in [0.2, 0.25) is 0 Å². The first-order valence-corrected chi connectivity index (χ1v) is 9.52. The van der Waals surface area contributed by atoms with Crippen molar-refractivity contribution in [1.82, 2.24) is 5.32 Å². The van der Waals surface area contributed by atoms with E-state index in [0.29, 0.717) is 11.4 Å². The van der Waals surface area contributed by atoms with Crippen molar-refractivity contribution in [3.8, 4) is 11.5 Å². The summed E-state index contributed by atoms with van der Waals surface area (Å²) in [5, 5.41) is 14.6. The molecule has 0 fully saturated rings. The number of aliphatic imine (C=N–C) groups is 1. The van der Waals surface area contributed by atoms with Gasteiger partial charge in [-0.25, -0.2) is 0 Å². The monoisotopic (exact) mass is 392 g/mol. The number of hydrogen-bond acceptors (Lipinski definition) is 4. The van der Waals surface area contributed by atoms with Gasteiger partial charge in [0.15, 0.2) is 0 Å². The predicted octanol–water partition coefficient (Wildman–Crippen LogP) is 5.28. The van der Waals surface area contributed by atoms with Gasteiger partial charge in [0.05, 0.1) is 7.11 Å². The summed E-state index contributed by atoms with van der Waals surface area (Å²) in [7, 11) is 1.65. The molecule has 28 heavy (non-hydrogen) atoms. The Hall–Kier alpha value is -2.82. The predicted molar refractivity (Wildman–Crippen MR) is 112 cm³/mol. The second-order valence-electron chi connectivity index (χ2n) is 6.74. The minimum atomic E-state index is -0.227. The van der Waals surface area contributed by atoms with E-state index in [2.05, 4.69) is 5.32 Å². The summed E-state index contributed by atoms with van der Waals surface area (Å²) in [6.45, 7) is 0. The lowest BCUT2D eigenvalue weighted by atomic mass is 9.93. The van der Waals surface area contributed by atoms with E-state index < -0.39 is 0 Å². The Morgan fingerprint density at radius 1 is 1.00 bits per heavy atom. The summed E-state index contributed by atoms with van der Waals surface area (Å²) < 4.78 is 5.26. The Morgan fingerprint density at radius 3 is 2.39 bits per heavy atom. The largest absolute Gasteiger partial charge is 0.508 e. The fraction of sp³-hybridized carbons (Fsp3) is 0.174. The lowest BCUT2D eigenvalue weighted by Gasteiger charge is -2.31. The van der Waals surface area contributed by atoms with Gasteiger partial charge in [-0.15, -0.1) is 0 Å². The number of phenols is 1. The third-order valence-corrected chi connectivity index (χ3v) is 5.21. The molecule has 0 aliphatic carbocycles. The molecule has 1 aliphatic rings. The van der Waals surface area contributed by atoms with Crippen LogP contribution >= 0.6 is 11.6 Å². The molecule has 0 aromatic heterocycles. The topological polar surface area (TPSA) is 53.9 Å². The molecule has 0 amide bonds. The van der Waals surface area contributed by atoms with E-state index in [1.807, 2.05) is 66.7 Å². The summed E-state index contributed by atoms with van der Waals surface area (Å²) in [4.78, 5) is 4.95. The van der Waals surface area contributed by atoms with Crippen molar-refractivity contribution < 1.29 is 9.84 Å². The number of hydrogen-bond donors (Lipinski definition) is 2. The van der Waals surface area contributed by atoms with Crippen LogP contribution in [0.3, 0.4) is 0 Å². The molecule has 0 saturated heterocycles. The van der Waals surface area contributed by atoms with Gasteiger partial charge in [0, 0.05) is 28.8 Å². The van der Waals surface area contributed by atoms with Gasteiger partial charge < -0.3 is 9.84 Å². The van der Waals surface area contributed by atoms with Crippen molar-refractivity contribution in [3.05, 3.63) is 94.5 Å². The molecule has 1 heterocycles. The van der Waals surface area contributed by atoms with Gasteiger partial charge in [-0.1, -0.05) is 54.1 Å². The highest BCUT2D eigenvalue weighted by Gasteiger charge is 2.27. The standard InChI is InChI=1S/C23H21ClN2O2/c1-28-18-12-8-16(9-13-18)23-25-20(15-6-10-17(24)11-7-15)14-21(26-23)19-4-2-3-5-22(19)27/h2-13,21,23,26-27H,14H2,1H3. The second kappa shape index (κ2) is 8.05. The van der Waals surface area contributed by atoms with Crippen LogP contribution in [-0.4, -0.2) is 17.9 Å². The van der Waals surface area contributed by atoms with Crippen molar-refractivity contribution in [3.63, 3.8) is 0 Å². The van der Waals surface area contributed by atoms with E-state index in [1.54, 1.807) is 13.2 Å². The molecule has 3 aromatic rings. The smallest absolute Gasteiger partial charge is 0.126 e. The van der Waals surface area contributed by atoms with E-state index in [-0.39, 0.29) is 18.0 Å². The number of para-hydroxylation sites is 1. The Balaban J connectivity index is 1.73. The number of nitrogens with zero attached hydrogens (tertiary/aromatic N) is 1. The first-order valence-electron chi connectivity index (χ1n) is 9.14. The van der Waals surface area contributed by atoms with Gasteiger partial charge in [0.1, 0.15) is 17.7 Å². The summed E-state index contributed by atoms with van der Waals surface area (Å²) in [5.41, 5.74) is 3.91. The number of methoxy groups -OCH3 is 1. The van der Waals surface area contributed by atoms with Crippen molar-refractivity contribution in [2.45, 2.75) is 18.6 Å². The normalized spacial score (nSPS) is 19.1. The number of rotatable bonds is 4. The third-order valence-electron chi connectivity index (χ3n) is 4.96. The van der Waals surface area contributed by atoms with Crippen molar-refractivity contribution in [2.24, 2.45) is 4.99 Å². The Labute approximate surface area is 169 Å². The molecule has 1 aliphatic heterocycles. The zero-order chi connectivity index (χ0) is 19.5. The molecule has 2 N–H and O–H groups in total. The van der Waals surface area contributed by atoms with Gasteiger partial charge >= 0.3 is 0 Å². The SMILES string of the molecule is COc1ccc(C2N=C(c3ccc(Cl)cc3)CC(c3ccccc3O)N2)cc1. The first-order chi connectivity index (χ1) is 13.6. The molecule has 2 atom stereocenters. The molecular formula is C23H21ClN2O2. The van der Waals surface area contributed by atoms with E-state index in [1.165, 1.54) is 0 Å². The zero-order valence-electron chi connectivity index (χ0n) is 15.5. The maximum atomic E-state index is 10.4. The van der Waals surface area contributed by atoms with Crippen molar-refractivity contribution in [2.75, 3.05) is 7.11 Å². The highest BCUT2D eigenvalue weighted by molar-refractivity contribution is 6.30. The maximum Gasteiger partial charge on any atom is 0.126 e. The third kappa shape index (κ3) is 3.88. The van der Waals surface area contributed by atoms with E-state index in [4.69, 9.17) is 21.3 Å². The van der Waals surface area contributed by atoms with E-state index in [9.17, 15) is 5.11 Å². The van der Waals surface area contributed by atoms with Crippen LogP contribution in [0.25, 0.3) is 0 Å². The van der Waals surface area contributed by atoms with Crippen LogP contribution < -0.4 is 10.1 Å². The van der Waals surface area contributed by atoms with Gasteiger partial charge in [-0.3, -0.25) is 10.3 Å². The number of ether oxygens (including phenoxy) is 1. The number of aromatic hydroxyl groups is 1. The summed E-state index contributed by atoms with van der Waals surface area (Å²) >= 11 is 6.05. The fourth-order valence-electron chi connectivity index (χ4n) is 3.46. The first kappa shape index (κ1) is 18.5. The molecule has 5 heteroatoms. The molecule has 4 rings (SSSR count).